The third-order valence-corrected chi connectivity index (χ3v) is 8.72. The van der Waals surface area contributed by atoms with Gasteiger partial charge < -0.3 is 14.7 Å². The fraction of sp³-hybridized carbons (Fsp3) is 0.400. The molecule has 0 unspecified atom stereocenters. The third-order valence-electron chi connectivity index (χ3n) is 8.41. The SMILES string of the molecule is Cc1cc(N2CCC(N(C)C(=O)c3cc4c(cc3F)[C@H](N3Cc5cccc(Cl)c5C3=O)CC4)CC2)nc(C)n1. The maximum Gasteiger partial charge on any atom is 0.256 e. The first-order valence-electron chi connectivity index (χ1n) is 13.5. The lowest BCUT2D eigenvalue weighted by Gasteiger charge is -2.37. The molecule has 1 fully saturated rings. The molecule has 1 atom stereocenters. The molecule has 6 rings (SSSR count). The van der Waals surface area contributed by atoms with Gasteiger partial charge in [-0.3, -0.25) is 9.59 Å². The van der Waals surface area contributed by atoms with Crippen molar-refractivity contribution in [2.24, 2.45) is 0 Å². The number of fused-ring (bicyclic) bond motifs is 2. The fourth-order valence-electron chi connectivity index (χ4n) is 6.38. The van der Waals surface area contributed by atoms with E-state index < -0.39 is 5.82 Å². The van der Waals surface area contributed by atoms with Gasteiger partial charge in [-0.15, -0.1) is 0 Å². The largest absolute Gasteiger partial charge is 0.356 e. The topological polar surface area (TPSA) is 69.6 Å². The zero-order chi connectivity index (χ0) is 27.4. The minimum atomic E-state index is -0.538. The Balaban J connectivity index is 1.16. The van der Waals surface area contributed by atoms with Crippen LogP contribution in [0.25, 0.3) is 0 Å². The van der Waals surface area contributed by atoms with Crippen LogP contribution in [-0.4, -0.2) is 57.8 Å². The van der Waals surface area contributed by atoms with E-state index in [0.29, 0.717) is 30.0 Å². The number of benzene rings is 2. The van der Waals surface area contributed by atoms with Crippen molar-refractivity contribution in [1.82, 2.24) is 19.8 Å². The van der Waals surface area contributed by atoms with Crippen molar-refractivity contribution in [2.45, 2.75) is 58.2 Å². The number of halogens is 2. The zero-order valence-corrected chi connectivity index (χ0v) is 23.1. The number of rotatable bonds is 4. The van der Waals surface area contributed by atoms with Crippen LogP contribution in [0.3, 0.4) is 0 Å². The number of nitrogens with zero attached hydrogens (tertiary/aromatic N) is 5. The molecule has 0 saturated carbocycles. The lowest BCUT2D eigenvalue weighted by molar-refractivity contribution is 0.0692. The molecule has 3 aliphatic rings. The molecular weight excluding hydrogens is 517 g/mol. The second-order valence-corrected chi connectivity index (χ2v) is 11.2. The molecule has 0 spiro atoms. The standard InChI is InChI=1S/C30H31ClFN5O2/c1-17-13-27(34-18(2)33-17)36-11-9-21(10-12-36)35(3)29(38)23-14-19-7-8-26(22(19)15-25(23)32)37-16-20-5-4-6-24(31)28(20)30(37)39/h4-6,13-15,21,26H,7-12,16H2,1-3H3/t26-/m1/s1. The normalized spacial score (nSPS) is 18.9. The molecule has 39 heavy (non-hydrogen) atoms. The van der Waals surface area contributed by atoms with Crippen molar-refractivity contribution in [1.29, 1.82) is 0 Å². The molecule has 2 aliphatic heterocycles. The predicted octanol–water partition coefficient (Wildman–Crippen LogP) is 5.27. The first-order chi connectivity index (χ1) is 18.7. The van der Waals surface area contributed by atoms with Crippen LogP contribution in [0.5, 0.6) is 0 Å². The summed E-state index contributed by atoms with van der Waals surface area (Å²) >= 11 is 6.30. The summed E-state index contributed by atoms with van der Waals surface area (Å²) in [4.78, 5) is 41.2. The Morgan fingerprint density at radius 2 is 1.85 bits per heavy atom. The van der Waals surface area contributed by atoms with E-state index in [1.54, 1.807) is 29.0 Å². The van der Waals surface area contributed by atoms with Gasteiger partial charge >= 0.3 is 0 Å². The van der Waals surface area contributed by atoms with E-state index >= 15 is 4.39 Å². The third kappa shape index (κ3) is 4.54. The number of amides is 2. The van der Waals surface area contributed by atoms with Gasteiger partial charge in [0.05, 0.1) is 22.2 Å². The van der Waals surface area contributed by atoms with Crippen molar-refractivity contribution in [3.05, 3.63) is 86.6 Å². The first-order valence-corrected chi connectivity index (χ1v) is 13.8. The fourth-order valence-corrected chi connectivity index (χ4v) is 6.66. The Morgan fingerprint density at radius 3 is 2.56 bits per heavy atom. The first kappa shape index (κ1) is 25.7. The molecule has 1 aromatic heterocycles. The summed E-state index contributed by atoms with van der Waals surface area (Å²) in [5, 5.41) is 0.446. The van der Waals surface area contributed by atoms with Crippen molar-refractivity contribution in [2.75, 3.05) is 25.0 Å². The van der Waals surface area contributed by atoms with Gasteiger partial charge in [0.2, 0.25) is 0 Å². The highest BCUT2D eigenvalue weighted by atomic mass is 35.5. The average molecular weight is 548 g/mol. The molecule has 9 heteroatoms. The summed E-state index contributed by atoms with van der Waals surface area (Å²) in [5.74, 6) is 0.698. The van der Waals surface area contributed by atoms with Crippen LogP contribution in [0, 0.1) is 19.7 Å². The van der Waals surface area contributed by atoms with Gasteiger partial charge in [-0.25, -0.2) is 14.4 Å². The lowest BCUT2D eigenvalue weighted by atomic mass is 10.00. The Labute approximate surface area is 232 Å². The maximum absolute atomic E-state index is 15.5. The Bertz CT molecular complexity index is 1470. The van der Waals surface area contributed by atoms with E-state index in [4.69, 9.17) is 11.6 Å². The van der Waals surface area contributed by atoms with Gasteiger partial charge in [-0.05, 0) is 74.4 Å². The molecule has 1 aliphatic carbocycles. The Kier molecular flexibility index (Phi) is 6.53. The van der Waals surface area contributed by atoms with Crippen LogP contribution < -0.4 is 4.90 Å². The van der Waals surface area contributed by atoms with Crippen molar-refractivity contribution >= 4 is 29.2 Å². The molecule has 3 aromatic rings. The lowest BCUT2D eigenvalue weighted by Crippen LogP contribution is -2.46. The summed E-state index contributed by atoms with van der Waals surface area (Å²) in [6, 6.07) is 10.4. The molecule has 0 bridgehead atoms. The van der Waals surface area contributed by atoms with Gasteiger partial charge in [-0.1, -0.05) is 23.7 Å². The Hall–Kier alpha value is -3.52. The predicted molar refractivity (Wildman–Crippen MR) is 148 cm³/mol. The summed E-state index contributed by atoms with van der Waals surface area (Å²) < 4.78 is 15.5. The van der Waals surface area contributed by atoms with Gasteiger partial charge in [0.25, 0.3) is 11.8 Å². The quantitative estimate of drug-likeness (QED) is 0.445. The van der Waals surface area contributed by atoms with Gasteiger partial charge in [0.15, 0.2) is 0 Å². The van der Waals surface area contributed by atoms with Crippen molar-refractivity contribution in [3.63, 3.8) is 0 Å². The molecule has 2 aromatic carbocycles. The molecular formula is C30H31ClFN5O2. The monoisotopic (exact) mass is 547 g/mol. The summed E-state index contributed by atoms with van der Waals surface area (Å²) in [7, 11) is 1.76. The van der Waals surface area contributed by atoms with E-state index in [9.17, 15) is 9.59 Å². The highest BCUT2D eigenvalue weighted by Gasteiger charge is 2.39. The van der Waals surface area contributed by atoms with Crippen LogP contribution in [0.4, 0.5) is 10.2 Å². The van der Waals surface area contributed by atoms with Crippen molar-refractivity contribution < 1.29 is 14.0 Å². The van der Waals surface area contributed by atoms with Crippen LogP contribution in [-0.2, 0) is 13.0 Å². The van der Waals surface area contributed by atoms with E-state index in [0.717, 1.165) is 60.0 Å². The van der Waals surface area contributed by atoms with E-state index in [1.165, 1.54) is 6.07 Å². The highest BCUT2D eigenvalue weighted by molar-refractivity contribution is 6.34. The summed E-state index contributed by atoms with van der Waals surface area (Å²) in [6.07, 6.45) is 2.94. The van der Waals surface area contributed by atoms with Gasteiger partial charge in [-0.2, -0.15) is 0 Å². The molecule has 1 saturated heterocycles. The molecule has 2 amide bonds. The van der Waals surface area contributed by atoms with E-state index in [2.05, 4.69) is 14.9 Å². The maximum atomic E-state index is 15.5. The zero-order valence-electron chi connectivity index (χ0n) is 22.4. The van der Waals surface area contributed by atoms with Gasteiger partial charge in [0.1, 0.15) is 17.5 Å². The van der Waals surface area contributed by atoms with Crippen molar-refractivity contribution in [3.8, 4) is 0 Å². The second kappa shape index (κ2) is 9.90. The molecule has 0 N–H and O–H groups in total. The number of carbonyl (C=O) groups is 2. The number of hydrogen-bond acceptors (Lipinski definition) is 5. The van der Waals surface area contributed by atoms with E-state index in [-0.39, 0.29) is 29.5 Å². The number of hydrogen-bond donors (Lipinski definition) is 0. The Morgan fingerprint density at radius 1 is 1.08 bits per heavy atom. The van der Waals surface area contributed by atoms with Crippen LogP contribution >= 0.6 is 11.6 Å². The molecule has 7 nitrogen and oxygen atoms in total. The molecule has 202 valence electrons. The minimum absolute atomic E-state index is 0.0173. The number of carbonyl (C=O) groups excluding carboxylic acids is 2. The average Bonchev–Trinajstić information content (AvgIpc) is 3.47. The van der Waals surface area contributed by atoms with Crippen LogP contribution in [0.15, 0.2) is 36.4 Å². The molecule has 0 radical (unpaired) electrons. The number of aromatic nitrogens is 2. The van der Waals surface area contributed by atoms with Crippen LogP contribution in [0.1, 0.15) is 74.2 Å². The summed E-state index contributed by atoms with van der Waals surface area (Å²) in [5.41, 5.74) is 4.18. The highest BCUT2D eigenvalue weighted by Crippen LogP contribution is 2.42. The molecule has 3 heterocycles. The van der Waals surface area contributed by atoms with Crippen LogP contribution in [0.2, 0.25) is 5.02 Å². The number of anilines is 1. The summed E-state index contributed by atoms with van der Waals surface area (Å²) in [6.45, 7) is 5.84. The van der Waals surface area contributed by atoms with E-state index in [1.807, 2.05) is 32.0 Å². The number of piperidine rings is 1. The minimum Gasteiger partial charge on any atom is -0.356 e. The smallest absolute Gasteiger partial charge is 0.256 e. The van der Waals surface area contributed by atoms with Gasteiger partial charge in [0, 0.05) is 44.5 Å². The number of aryl methyl sites for hydroxylation is 3. The second-order valence-electron chi connectivity index (χ2n) is 10.8.